The lowest BCUT2D eigenvalue weighted by atomic mass is 10.1. The molecule has 1 unspecified atom stereocenters. The largest absolute Gasteiger partial charge is 0.496 e. The minimum absolute atomic E-state index is 0.482. The Labute approximate surface area is 107 Å². The molecule has 0 saturated carbocycles. The highest BCUT2D eigenvalue weighted by Gasteiger charge is 2.19. The van der Waals surface area contributed by atoms with Crippen molar-refractivity contribution < 1.29 is 14.6 Å². The maximum absolute atomic E-state index is 10.9. The van der Waals surface area contributed by atoms with Gasteiger partial charge in [0.15, 0.2) is 0 Å². The van der Waals surface area contributed by atoms with Gasteiger partial charge in [-0.3, -0.25) is 14.7 Å². The van der Waals surface area contributed by atoms with Crippen LogP contribution >= 0.6 is 0 Å². The fraction of sp³-hybridized carbons (Fsp3) is 0.538. The molecule has 1 atom stereocenters. The van der Waals surface area contributed by atoms with Gasteiger partial charge in [-0.25, -0.2) is 0 Å². The van der Waals surface area contributed by atoms with Crippen LogP contribution in [0, 0.1) is 13.8 Å². The van der Waals surface area contributed by atoms with Gasteiger partial charge in [0.2, 0.25) is 0 Å². The van der Waals surface area contributed by atoms with E-state index in [9.17, 15) is 4.79 Å². The molecule has 0 radical (unpaired) electrons. The van der Waals surface area contributed by atoms with E-state index in [0.29, 0.717) is 6.54 Å². The lowest BCUT2D eigenvalue weighted by Crippen LogP contribution is -2.35. The van der Waals surface area contributed by atoms with Crippen molar-refractivity contribution in [2.45, 2.75) is 33.4 Å². The van der Waals surface area contributed by atoms with Crippen molar-refractivity contribution >= 4 is 5.97 Å². The molecule has 5 heteroatoms. The quantitative estimate of drug-likeness (QED) is 0.862. The molecule has 1 rings (SSSR count). The maximum Gasteiger partial charge on any atom is 0.320 e. The van der Waals surface area contributed by atoms with Crippen molar-refractivity contribution in [3.8, 4) is 5.75 Å². The molecule has 0 aliphatic heterocycles. The average molecular weight is 252 g/mol. The van der Waals surface area contributed by atoms with Gasteiger partial charge >= 0.3 is 5.97 Å². The van der Waals surface area contributed by atoms with Gasteiger partial charge in [0.25, 0.3) is 0 Å². The molecule has 0 spiro atoms. The van der Waals surface area contributed by atoms with E-state index in [0.717, 1.165) is 22.6 Å². The molecule has 1 heterocycles. The number of hydrogen-bond acceptors (Lipinski definition) is 4. The second kappa shape index (κ2) is 5.82. The minimum atomic E-state index is -0.839. The monoisotopic (exact) mass is 252 g/mol. The molecule has 0 aliphatic carbocycles. The third-order valence-electron chi connectivity index (χ3n) is 3.17. The highest BCUT2D eigenvalue weighted by molar-refractivity contribution is 5.72. The second-order valence-corrected chi connectivity index (χ2v) is 4.48. The van der Waals surface area contributed by atoms with Gasteiger partial charge in [0, 0.05) is 23.9 Å². The number of carbonyl (C=O) groups is 1. The van der Waals surface area contributed by atoms with Crippen molar-refractivity contribution in [2.24, 2.45) is 0 Å². The number of nitrogens with zero attached hydrogens (tertiary/aromatic N) is 2. The van der Waals surface area contributed by atoms with Crippen molar-refractivity contribution in [1.29, 1.82) is 0 Å². The maximum atomic E-state index is 10.9. The minimum Gasteiger partial charge on any atom is -0.496 e. The Bertz CT molecular complexity index is 446. The van der Waals surface area contributed by atoms with E-state index in [-0.39, 0.29) is 0 Å². The summed E-state index contributed by atoms with van der Waals surface area (Å²) in [4.78, 5) is 17.0. The molecule has 0 bridgehead atoms. The van der Waals surface area contributed by atoms with Gasteiger partial charge in [0.1, 0.15) is 11.8 Å². The normalized spacial score (nSPS) is 12.6. The number of pyridine rings is 1. The molecule has 0 fully saturated rings. The zero-order valence-corrected chi connectivity index (χ0v) is 11.5. The van der Waals surface area contributed by atoms with Gasteiger partial charge in [-0.15, -0.1) is 0 Å². The van der Waals surface area contributed by atoms with Gasteiger partial charge in [-0.05, 0) is 27.8 Å². The average Bonchev–Trinajstić information content (AvgIpc) is 2.32. The fourth-order valence-electron chi connectivity index (χ4n) is 1.79. The van der Waals surface area contributed by atoms with E-state index in [1.165, 1.54) is 0 Å². The van der Waals surface area contributed by atoms with Gasteiger partial charge in [-0.1, -0.05) is 0 Å². The molecule has 1 aromatic heterocycles. The predicted octanol–water partition coefficient (Wildman–Crippen LogP) is 1.61. The third-order valence-corrected chi connectivity index (χ3v) is 3.17. The molecule has 1 aromatic rings. The summed E-state index contributed by atoms with van der Waals surface area (Å²) < 4.78 is 5.33. The highest BCUT2D eigenvalue weighted by Crippen LogP contribution is 2.24. The van der Waals surface area contributed by atoms with E-state index in [4.69, 9.17) is 9.84 Å². The smallest absolute Gasteiger partial charge is 0.320 e. The Balaban J connectivity index is 2.95. The first-order chi connectivity index (χ1) is 8.38. The summed E-state index contributed by atoms with van der Waals surface area (Å²) in [6.45, 7) is 6.01. The molecule has 100 valence electrons. The zero-order chi connectivity index (χ0) is 13.9. The van der Waals surface area contributed by atoms with Gasteiger partial charge < -0.3 is 9.84 Å². The topological polar surface area (TPSA) is 62.7 Å². The fourth-order valence-corrected chi connectivity index (χ4v) is 1.79. The van der Waals surface area contributed by atoms with Gasteiger partial charge in [-0.2, -0.15) is 0 Å². The van der Waals surface area contributed by atoms with Crippen LogP contribution in [0.4, 0.5) is 0 Å². The molecule has 18 heavy (non-hydrogen) atoms. The standard InChI is InChI=1S/C13H20N2O3/c1-8-6-14-11(9(2)12(8)18-5)7-15(4)10(3)13(16)17/h6,10H,7H2,1-5H3,(H,16,17). The summed E-state index contributed by atoms with van der Waals surface area (Å²) in [5.74, 6) is -0.0226. The Morgan fingerprint density at radius 2 is 2.17 bits per heavy atom. The Kier molecular flexibility index (Phi) is 4.67. The summed E-state index contributed by atoms with van der Waals surface area (Å²) in [7, 11) is 3.40. The molecule has 5 nitrogen and oxygen atoms in total. The third kappa shape index (κ3) is 2.98. The van der Waals surface area contributed by atoms with Crippen LogP contribution in [0.2, 0.25) is 0 Å². The molecule has 1 N–H and O–H groups in total. The van der Waals surface area contributed by atoms with Crippen LogP contribution in [0.5, 0.6) is 5.75 Å². The number of methoxy groups -OCH3 is 1. The van der Waals surface area contributed by atoms with E-state index >= 15 is 0 Å². The lowest BCUT2D eigenvalue weighted by Gasteiger charge is -2.22. The first-order valence-corrected chi connectivity index (χ1v) is 5.80. The number of hydrogen-bond donors (Lipinski definition) is 1. The molecular weight excluding hydrogens is 232 g/mol. The number of likely N-dealkylation sites (N-methyl/N-ethyl adjacent to an activating group) is 1. The van der Waals surface area contributed by atoms with Crippen LogP contribution in [0.25, 0.3) is 0 Å². The number of rotatable bonds is 5. The first kappa shape index (κ1) is 14.4. The van der Waals surface area contributed by atoms with E-state index in [2.05, 4.69) is 4.98 Å². The number of carboxylic acid groups (broad SMARTS) is 1. The van der Waals surface area contributed by atoms with Crippen LogP contribution in [0.1, 0.15) is 23.7 Å². The Hall–Kier alpha value is -1.62. The SMILES string of the molecule is COc1c(C)cnc(CN(C)C(C)C(=O)O)c1C. The van der Waals surface area contributed by atoms with Crippen molar-refractivity contribution in [3.05, 3.63) is 23.0 Å². The molecule has 0 aromatic carbocycles. The summed E-state index contributed by atoms with van der Waals surface area (Å²) in [6.07, 6.45) is 1.75. The predicted molar refractivity (Wildman–Crippen MR) is 68.8 cm³/mol. The van der Waals surface area contributed by atoms with Crippen LogP contribution < -0.4 is 4.74 Å². The second-order valence-electron chi connectivity index (χ2n) is 4.48. The van der Waals surface area contributed by atoms with E-state index < -0.39 is 12.0 Å². The van der Waals surface area contributed by atoms with Crippen LogP contribution in [-0.2, 0) is 11.3 Å². The van der Waals surface area contributed by atoms with E-state index in [1.807, 2.05) is 13.8 Å². The Morgan fingerprint density at radius 3 is 2.67 bits per heavy atom. The number of aryl methyl sites for hydroxylation is 1. The highest BCUT2D eigenvalue weighted by atomic mass is 16.5. The summed E-state index contributed by atoms with van der Waals surface area (Å²) in [6, 6.07) is -0.543. The molecule has 0 saturated heterocycles. The van der Waals surface area contributed by atoms with Crippen molar-refractivity contribution in [3.63, 3.8) is 0 Å². The number of aromatic nitrogens is 1. The van der Waals surface area contributed by atoms with Gasteiger partial charge in [0.05, 0.1) is 12.8 Å². The number of aliphatic carboxylic acids is 1. The summed E-state index contributed by atoms with van der Waals surface area (Å²) >= 11 is 0. The Morgan fingerprint density at radius 1 is 1.56 bits per heavy atom. The van der Waals surface area contributed by atoms with Crippen LogP contribution in [0.3, 0.4) is 0 Å². The number of ether oxygens (including phenoxy) is 1. The summed E-state index contributed by atoms with van der Waals surface area (Å²) in [5, 5.41) is 8.96. The van der Waals surface area contributed by atoms with Crippen molar-refractivity contribution in [2.75, 3.05) is 14.2 Å². The van der Waals surface area contributed by atoms with E-state index in [1.54, 1.807) is 32.2 Å². The zero-order valence-electron chi connectivity index (χ0n) is 11.5. The first-order valence-electron chi connectivity index (χ1n) is 5.80. The van der Waals surface area contributed by atoms with Crippen LogP contribution in [-0.4, -0.2) is 41.2 Å². The number of carboxylic acids is 1. The molecular formula is C13H20N2O3. The van der Waals surface area contributed by atoms with Crippen molar-refractivity contribution in [1.82, 2.24) is 9.88 Å². The lowest BCUT2D eigenvalue weighted by molar-refractivity contribution is -0.142. The summed E-state index contributed by atoms with van der Waals surface area (Å²) in [5.41, 5.74) is 2.78. The van der Waals surface area contributed by atoms with Crippen LogP contribution in [0.15, 0.2) is 6.20 Å². The molecule has 0 amide bonds. The molecule has 0 aliphatic rings.